The molecule has 0 spiro atoms. The Kier molecular flexibility index (Phi) is 9.17. The van der Waals surface area contributed by atoms with Crippen LogP contribution in [0.1, 0.15) is 30.9 Å². The number of likely N-dealkylation sites (N-methyl/N-ethyl adjacent to an activating group) is 1. The molecule has 15 nitrogen and oxygen atoms in total. The molecular formula is C26H35N9O6. The van der Waals surface area contributed by atoms with Crippen molar-refractivity contribution in [2.45, 2.75) is 52.8 Å². The van der Waals surface area contributed by atoms with Crippen molar-refractivity contribution in [1.29, 1.82) is 0 Å². The monoisotopic (exact) mass is 569 g/mol. The first-order valence-corrected chi connectivity index (χ1v) is 13.2. The van der Waals surface area contributed by atoms with Crippen molar-refractivity contribution in [2.75, 3.05) is 37.4 Å². The van der Waals surface area contributed by atoms with Crippen LogP contribution in [0, 0.1) is 19.8 Å². The third kappa shape index (κ3) is 7.16. The minimum absolute atomic E-state index is 0.00180. The number of aliphatic hydroxyl groups is 1. The highest BCUT2D eigenvalue weighted by Gasteiger charge is 2.32. The van der Waals surface area contributed by atoms with Crippen molar-refractivity contribution >= 4 is 29.2 Å². The molecule has 4 amide bonds. The maximum Gasteiger partial charge on any atom is 0.321 e. The van der Waals surface area contributed by atoms with Crippen LogP contribution in [0.25, 0.3) is 0 Å². The van der Waals surface area contributed by atoms with Gasteiger partial charge in [0, 0.05) is 30.8 Å². The number of anilines is 2. The second kappa shape index (κ2) is 12.8. The Balaban J connectivity index is 1.57. The number of carbonyl (C=O) groups excluding carboxylic acids is 3. The zero-order valence-electron chi connectivity index (χ0n) is 23.7. The van der Waals surface area contributed by atoms with Crippen LogP contribution in [0.15, 0.2) is 29.0 Å². The van der Waals surface area contributed by atoms with Gasteiger partial charge in [-0.2, -0.15) is 0 Å². The Bertz CT molecular complexity index is 1360. The Morgan fingerprint density at radius 1 is 1.27 bits per heavy atom. The van der Waals surface area contributed by atoms with Crippen molar-refractivity contribution in [3.63, 3.8) is 0 Å². The third-order valence-electron chi connectivity index (χ3n) is 6.96. The number of fused-ring (bicyclic) bond motifs is 1. The van der Waals surface area contributed by atoms with Gasteiger partial charge in [0.25, 0.3) is 0 Å². The summed E-state index contributed by atoms with van der Waals surface area (Å²) in [4.78, 5) is 42.1. The van der Waals surface area contributed by atoms with E-state index in [-0.39, 0.29) is 49.9 Å². The molecule has 220 valence electrons. The Morgan fingerprint density at radius 2 is 2.05 bits per heavy atom. The first-order chi connectivity index (χ1) is 19.5. The summed E-state index contributed by atoms with van der Waals surface area (Å²) in [5.41, 5.74) is 2.11. The summed E-state index contributed by atoms with van der Waals surface area (Å²) in [6, 6.07) is 4.28. The average molecular weight is 570 g/mol. The molecule has 0 unspecified atom stereocenters. The summed E-state index contributed by atoms with van der Waals surface area (Å²) in [5.74, 6) is 0.222. The second-order valence-electron chi connectivity index (χ2n) is 10.3. The first kappa shape index (κ1) is 29.5. The van der Waals surface area contributed by atoms with Crippen LogP contribution in [-0.4, -0.2) is 97.0 Å². The molecule has 0 fully saturated rings. The number of nitrogens with zero attached hydrogens (tertiary/aromatic N) is 7. The molecule has 15 heteroatoms. The minimum Gasteiger partial charge on any atom is -0.488 e. The van der Waals surface area contributed by atoms with Gasteiger partial charge in [0.2, 0.25) is 11.8 Å². The molecule has 0 radical (unpaired) electrons. The third-order valence-corrected chi connectivity index (χ3v) is 6.96. The number of rotatable bonds is 8. The minimum atomic E-state index is -0.506. The van der Waals surface area contributed by atoms with Gasteiger partial charge in [0.15, 0.2) is 5.76 Å². The van der Waals surface area contributed by atoms with Crippen LogP contribution in [0.5, 0.6) is 5.75 Å². The second-order valence-corrected chi connectivity index (χ2v) is 10.3. The fourth-order valence-electron chi connectivity index (χ4n) is 4.54. The summed E-state index contributed by atoms with van der Waals surface area (Å²) >= 11 is 0. The summed E-state index contributed by atoms with van der Waals surface area (Å²) in [7, 11) is 1.65. The van der Waals surface area contributed by atoms with Crippen molar-refractivity contribution in [3.05, 3.63) is 41.5 Å². The fraction of sp³-hybridized carbons (Fsp3) is 0.500. The summed E-state index contributed by atoms with van der Waals surface area (Å²) in [6.45, 7) is 7.40. The SMILES string of the molecule is Cc1noc(C)c1NC(=O)N(C)C[C@@H]1Oc2ccc(NC(=O)Cn3cnnn3)cc2CC(=O)N([C@@H](C)CO)C[C@@H]1C. The molecule has 2 aromatic heterocycles. The van der Waals surface area contributed by atoms with E-state index in [2.05, 4.69) is 31.3 Å². The van der Waals surface area contributed by atoms with E-state index in [0.29, 0.717) is 40.7 Å². The lowest BCUT2D eigenvalue weighted by atomic mass is 10.0. The molecular weight excluding hydrogens is 534 g/mol. The van der Waals surface area contributed by atoms with Gasteiger partial charge in [0.1, 0.15) is 36.1 Å². The molecule has 41 heavy (non-hydrogen) atoms. The Hall–Kier alpha value is -4.53. The topological polar surface area (TPSA) is 181 Å². The van der Waals surface area contributed by atoms with E-state index >= 15 is 0 Å². The van der Waals surface area contributed by atoms with Crippen LogP contribution < -0.4 is 15.4 Å². The van der Waals surface area contributed by atoms with E-state index in [4.69, 9.17) is 9.26 Å². The lowest BCUT2D eigenvalue weighted by molar-refractivity contribution is -0.134. The maximum absolute atomic E-state index is 13.4. The molecule has 3 N–H and O–H groups in total. The molecule has 0 aliphatic carbocycles. The van der Waals surface area contributed by atoms with Crippen molar-refractivity contribution in [3.8, 4) is 5.75 Å². The van der Waals surface area contributed by atoms with Crippen molar-refractivity contribution < 1.29 is 28.8 Å². The lowest BCUT2D eigenvalue weighted by Gasteiger charge is -2.34. The molecule has 3 aromatic rings. The van der Waals surface area contributed by atoms with Crippen LogP contribution in [0.3, 0.4) is 0 Å². The number of aryl methyl sites for hydroxylation is 2. The largest absolute Gasteiger partial charge is 0.488 e. The quantitative estimate of drug-likeness (QED) is 0.357. The van der Waals surface area contributed by atoms with Gasteiger partial charge in [-0.15, -0.1) is 5.10 Å². The van der Waals surface area contributed by atoms with Gasteiger partial charge in [-0.1, -0.05) is 12.1 Å². The lowest BCUT2D eigenvalue weighted by Crippen LogP contribution is -2.48. The highest BCUT2D eigenvalue weighted by Crippen LogP contribution is 2.29. The van der Waals surface area contributed by atoms with Crippen molar-refractivity contribution in [2.24, 2.45) is 5.92 Å². The smallest absolute Gasteiger partial charge is 0.321 e. The van der Waals surface area contributed by atoms with Crippen molar-refractivity contribution in [1.82, 2.24) is 35.2 Å². The number of hydrogen-bond donors (Lipinski definition) is 3. The fourth-order valence-corrected chi connectivity index (χ4v) is 4.54. The van der Waals surface area contributed by atoms with E-state index in [0.717, 1.165) is 0 Å². The predicted octanol–water partition coefficient (Wildman–Crippen LogP) is 1.23. The van der Waals surface area contributed by atoms with E-state index in [1.54, 1.807) is 50.9 Å². The number of aromatic nitrogens is 5. The summed E-state index contributed by atoms with van der Waals surface area (Å²) in [6.07, 6.45) is 0.826. The molecule has 0 saturated heterocycles. The van der Waals surface area contributed by atoms with E-state index in [1.807, 2.05) is 6.92 Å². The molecule has 1 aliphatic heterocycles. The highest BCUT2D eigenvalue weighted by atomic mass is 16.5. The summed E-state index contributed by atoms with van der Waals surface area (Å²) in [5, 5.41) is 30.1. The standard InChI is InChI=1S/C26H35N9O6/c1-15-10-35(16(2)13-36)24(38)9-19-8-20(28-23(37)12-34-14-27-31-32-34)6-7-21(19)40-22(15)11-33(5)26(39)29-25-17(3)30-41-18(25)4/h6-8,14-16,22,36H,9-13H2,1-5H3,(H,28,37)(H,29,39)/t15-,16-,22-/m0/s1. The molecule has 4 rings (SSSR count). The number of tetrazole rings is 1. The summed E-state index contributed by atoms with van der Waals surface area (Å²) < 4.78 is 12.9. The Morgan fingerprint density at radius 3 is 2.71 bits per heavy atom. The number of benzene rings is 1. The number of hydrogen-bond acceptors (Lipinski definition) is 10. The van der Waals surface area contributed by atoms with Crippen LogP contribution in [-0.2, 0) is 22.6 Å². The van der Waals surface area contributed by atoms with Gasteiger partial charge in [-0.05, 0) is 49.4 Å². The molecule has 3 heterocycles. The molecule has 0 saturated carbocycles. The Labute approximate surface area is 236 Å². The van der Waals surface area contributed by atoms with Gasteiger partial charge in [0.05, 0.1) is 25.6 Å². The molecule has 1 aliphatic rings. The average Bonchev–Trinajstić information content (AvgIpc) is 3.57. The van der Waals surface area contributed by atoms with Gasteiger partial charge in [-0.25, -0.2) is 9.48 Å². The van der Waals surface area contributed by atoms with Gasteiger partial charge in [-0.3, -0.25) is 9.59 Å². The number of carbonyl (C=O) groups is 3. The maximum atomic E-state index is 13.4. The number of urea groups is 1. The van der Waals surface area contributed by atoms with E-state index in [1.165, 1.54) is 15.9 Å². The number of nitrogens with one attached hydrogen (secondary N) is 2. The highest BCUT2D eigenvalue weighted by molar-refractivity contribution is 5.91. The number of amides is 4. The first-order valence-electron chi connectivity index (χ1n) is 13.2. The number of ether oxygens (including phenoxy) is 1. The van der Waals surface area contributed by atoms with Crippen LogP contribution in [0.4, 0.5) is 16.2 Å². The van der Waals surface area contributed by atoms with E-state index < -0.39 is 12.1 Å². The zero-order valence-corrected chi connectivity index (χ0v) is 23.7. The van der Waals surface area contributed by atoms with Gasteiger partial charge < -0.3 is 34.8 Å². The van der Waals surface area contributed by atoms with Crippen LogP contribution >= 0.6 is 0 Å². The molecule has 1 aromatic carbocycles. The zero-order chi connectivity index (χ0) is 29.7. The van der Waals surface area contributed by atoms with E-state index in [9.17, 15) is 19.5 Å². The predicted molar refractivity (Wildman–Crippen MR) is 146 cm³/mol. The number of aliphatic hydroxyl groups excluding tert-OH is 1. The van der Waals surface area contributed by atoms with Gasteiger partial charge >= 0.3 is 6.03 Å². The molecule has 0 bridgehead atoms. The van der Waals surface area contributed by atoms with Crippen LogP contribution in [0.2, 0.25) is 0 Å². The molecule has 3 atom stereocenters. The normalized spacial score (nSPS) is 17.9.